The topological polar surface area (TPSA) is 42.4 Å². The predicted molar refractivity (Wildman–Crippen MR) is 74.1 cm³/mol. The first-order valence-electron chi connectivity index (χ1n) is 5.05. The van der Waals surface area contributed by atoms with Crippen LogP contribution in [0.25, 0.3) is 0 Å². The third-order valence-corrected chi connectivity index (χ3v) is 3.32. The zero-order valence-corrected chi connectivity index (χ0v) is 13.1. The van der Waals surface area contributed by atoms with Gasteiger partial charge in [-0.2, -0.15) is 0 Å². The average molecular weight is 366 g/mol. The number of aromatic nitrogens is 1. The summed E-state index contributed by atoms with van der Waals surface area (Å²) in [5.41, 5.74) is 0. The van der Waals surface area contributed by atoms with Crippen LogP contribution in [0, 0.1) is 5.92 Å². The monoisotopic (exact) mass is 364 g/mol. The van der Waals surface area contributed by atoms with Crippen molar-refractivity contribution >= 4 is 43.6 Å². The van der Waals surface area contributed by atoms with Gasteiger partial charge in [-0.15, -0.1) is 0 Å². The third kappa shape index (κ3) is 3.96. The van der Waals surface area contributed by atoms with Gasteiger partial charge < -0.3 is 9.64 Å². The summed E-state index contributed by atoms with van der Waals surface area (Å²) in [4.78, 5) is 17.5. The van der Waals surface area contributed by atoms with E-state index in [4.69, 9.17) is 4.74 Å². The molecule has 0 spiro atoms. The van der Waals surface area contributed by atoms with E-state index in [1.165, 1.54) is 7.11 Å². The fourth-order valence-electron chi connectivity index (χ4n) is 1.46. The molecule has 1 rings (SSSR count). The fraction of sp³-hybridized carbons (Fsp3) is 0.455. The molecule has 0 aromatic carbocycles. The second kappa shape index (κ2) is 6.35. The van der Waals surface area contributed by atoms with Crippen molar-refractivity contribution in [1.29, 1.82) is 0 Å². The number of esters is 1. The molecule has 1 aromatic heterocycles. The smallest absolute Gasteiger partial charge is 0.310 e. The van der Waals surface area contributed by atoms with E-state index in [0.29, 0.717) is 6.54 Å². The number of hydrogen-bond donors (Lipinski definition) is 0. The lowest BCUT2D eigenvalue weighted by molar-refractivity contribution is -0.144. The number of carbonyl (C=O) groups is 1. The van der Waals surface area contributed by atoms with Crippen LogP contribution in [0.1, 0.15) is 6.92 Å². The maximum Gasteiger partial charge on any atom is 0.310 e. The van der Waals surface area contributed by atoms with Gasteiger partial charge in [-0.05, 0) is 37.9 Å². The quantitative estimate of drug-likeness (QED) is 0.769. The first kappa shape index (κ1) is 14.4. The second-order valence-corrected chi connectivity index (χ2v) is 5.53. The van der Waals surface area contributed by atoms with Crippen molar-refractivity contribution in [3.05, 3.63) is 21.2 Å². The fourth-order valence-corrected chi connectivity index (χ4v) is 2.75. The normalized spacial score (nSPS) is 12.1. The van der Waals surface area contributed by atoms with Gasteiger partial charge in [0.2, 0.25) is 0 Å². The molecule has 0 aliphatic carbocycles. The van der Waals surface area contributed by atoms with Crippen molar-refractivity contribution in [2.24, 2.45) is 5.92 Å². The van der Waals surface area contributed by atoms with E-state index >= 15 is 0 Å². The first-order chi connectivity index (χ1) is 7.95. The minimum absolute atomic E-state index is 0.192. The van der Waals surface area contributed by atoms with Crippen LogP contribution >= 0.6 is 31.9 Å². The standard InChI is InChI=1S/C11H14Br2N2O2/c1-7(11(16)17-3)6-15(2)10-9(13)4-8(12)5-14-10/h4-5,7H,6H2,1-3H3. The zero-order chi connectivity index (χ0) is 13.0. The van der Waals surface area contributed by atoms with Crippen molar-refractivity contribution in [2.75, 3.05) is 25.6 Å². The van der Waals surface area contributed by atoms with E-state index in [0.717, 1.165) is 14.8 Å². The molecular weight excluding hydrogens is 352 g/mol. The van der Waals surface area contributed by atoms with E-state index in [9.17, 15) is 4.79 Å². The lowest BCUT2D eigenvalue weighted by atomic mass is 10.2. The highest BCUT2D eigenvalue weighted by atomic mass is 79.9. The van der Waals surface area contributed by atoms with Crippen molar-refractivity contribution in [3.63, 3.8) is 0 Å². The number of halogens is 2. The Hall–Kier alpha value is -0.620. The van der Waals surface area contributed by atoms with E-state index in [-0.39, 0.29) is 11.9 Å². The number of pyridine rings is 1. The Balaban J connectivity index is 2.76. The van der Waals surface area contributed by atoms with Crippen molar-refractivity contribution in [1.82, 2.24) is 4.98 Å². The summed E-state index contributed by atoms with van der Waals surface area (Å²) in [5.74, 6) is 0.386. The van der Waals surface area contributed by atoms with Crippen LogP contribution in [-0.4, -0.2) is 31.7 Å². The summed E-state index contributed by atoms with van der Waals surface area (Å²) >= 11 is 6.79. The molecule has 0 fully saturated rings. The molecule has 0 saturated heterocycles. The third-order valence-electron chi connectivity index (χ3n) is 2.30. The number of ether oxygens (including phenoxy) is 1. The SMILES string of the molecule is COC(=O)C(C)CN(C)c1ncc(Br)cc1Br. The minimum atomic E-state index is -0.218. The Kier molecular flexibility index (Phi) is 5.39. The van der Waals surface area contributed by atoms with Gasteiger partial charge in [-0.3, -0.25) is 4.79 Å². The van der Waals surface area contributed by atoms with Crippen LogP contribution in [0.4, 0.5) is 5.82 Å². The van der Waals surface area contributed by atoms with E-state index in [1.54, 1.807) is 6.20 Å². The van der Waals surface area contributed by atoms with Gasteiger partial charge >= 0.3 is 5.97 Å². The van der Waals surface area contributed by atoms with Gasteiger partial charge in [0, 0.05) is 24.3 Å². The molecule has 4 nitrogen and oxygen atoms in total. The molecule has 1 heterocycles. The number of hydrogen-bond acceptors (Lipinski definition) is 4. The molecule has 0 amide bonds. The summed E-state index contributed by atoms with van der Waals surface area (Å²) < 4.78 is 6.48. The Morgan fingerprint density at radius 1 is 1.59 bits per heavy atom. The molecule has 6 heteroatoms. The molecular formula is C11H14Br2N2O2. The van der Waals surface area contributed by atoms with E-state index in [2.05, 4.69) is 36.8 Å². The summed E-state index contributed by atoms with van der Waals surface area (Å²) in [6.45, 7) is 2.38. The van der Waals surface area contributed by atoms with Gasteiger partial charge in [-0.1, -0.05) is 6.92 Å². The molecule has 0 aliphatic rings. The molecule has 1 aromatic rings. The summed E-state index contributed by atoms with van der Waals surface area (Å²) in [6, 6.07) is 1.92. The van der Waals surface area contributed by atoms with Crippen molar-refractivity contribution < 1.29 is 9.53 Å². The zero-order valence-electron chi connectivity index (χ0n) is 9.91. The van der Waals surface area contributed by atoms with Crippen LogP contribution in [0.2, 0.25) is 0 Å². The van der Waals surface area contributed by atoms with Crippen LogP contribution in [0.15, 0.2) is 21.2 Å². The summed E-state index contributed by atoms with van der Waals surface area (Å²) in [5, 5.41) is 0. The highest BCUT2D eigenvalue weighted by Crippen LogP contribution is 2.26. The van der Waals surface area contributed by atoms with Gasteiger partial charge in [0.1, 0.15) is 5.82 Å². The minimum Gasteiger partial charge on any atom is -0.469 e. The number of carbonyl (C=O) groups excluding carboxylic acids is 1. The highest BCUT2D eigenvalue weighted by molar-refractivity contribution is 9.11. The van der Waals surface area contributed by atoms with Gasteiger partial charge in [0.25, 0.3) is 0 Å². The maximum atomic E-state index is 11.3. The van der Waals surface area contributed by atoms with E-state index < -0.39 is 0 Å². The van der Waals surface area contributed by atoms with Gasteiger partial charge in [0.15, 0.2) is 0 Å². The largest absolute Gasteiger partial charge is 0.469 e. The highest BCUT2D eigenvalue weighted by Gasteiger charge is 2.17. The Morgan fingerprint density at radius 3 is 2.76 bits per heavy atom. The summed E-state index contributed by atoms with van der Waals surface area (Å²) in [7, 11) is 3.28. The molecule has 17 heavy (non-hydrogen) atoms. The van der Waals surface area contributed by atoms with Gasteiger partial charge in [0.05, 0.1) is 17.5 Å². The summed E-state index contributed by atoms with van der Waals surface area (Å²) in [6.07, 6.45) is 1.72. The van der Waals surface area contributed by atoms with Crippen LogP contribution in [0.5, 0.6) is 0 Å². The van der Waals surface area contributed by atoms with Crippen molar-refractivity contribution in [3.8, 4) is 0 Å². The Morgan fingerprint density at radius 2 is 2.24 bits per heavy atom. The molecule has 0 aliphatic heterocycles. The first-order valence-corrected chi connectivity index (χ1v) is 6.64. The maximum absolute atomic E-state index is 11.3. The van der Waals surface area contributed by atoms with Crippen molar-refractivity contribution in [2.45, 2.75) is 6.92 Å². The van der Waals surface area contributed by atoms with Gasteiger partial charge in [-0.25, -0.2) is 4.98 Å². The number of nitrogens with zero attached hydrogens (tertiary/aromatic N) is 2. The molecule has 0 saturated carbocycles. The molecule has 0 bridgehead atoms. The molecule has 1 unspecified atom stereocenters. The number of methoxy groups -OCH3 is 1. The second-order valence-electron chi connectivity index (χ2n) is 3.76. The lowest BCUT2D eigenvalue weighted by Gasteiger charge is -2.22. The van der Waals surface area contributed by atoms with Crippen LogP contribution in [0.3, 0.4) is 0 Å². The number of anilines is 1. The Labute approximate surface area is 118 Å². The Bertz CT molecular complexity index is 412. The predicted octanol–water partition coefficient (Wildman–Crippen LogP) is 2.85. The van der Waals surface area contributed by atoms with E-state index in [1.807, 2.05) is 24.9 Å². The average Bonchev–Trinajstić information content (AvgIpc) is 2.27. The molecule has 1 atom stereocenters. The van der Waals surface area contributed by atoms with Crippen LogP contribution in [-0.2, 0) is 9.53 Å². The lowest BCUT2D eigenvalue weighted by Crippen LogP contribution is -2.30. The molecule has 94 valence electrons. The van der Waals surface area contributed by atoms with Crippen LogP contribution < -0.4 is 4.90 Å². The molecule has 0 radical (unpaired) electrons. The number of rotatable bonds is 4. The molecule has 0 N–H and O–H groups in total.